The van der Waals surface area contributed by atoms with Crippen LogP contribution < -0.4 is 5.32 Å². The van der Waals surface area contributed by atoms with Gasteiger partial charge in [0.05, 0.1) is 30.0 Å². The van der Waals surface area contributed by atoms with E-state index in [0.29, 0.717) is 17.7 Å². The highest BCUT2D eigenvalue weighted by atomic mass is 16.6. The Balaban J connectivity index is 2.03. The molecule has 0 bridgehead atoms. The molecule has 0 radical (unpaired) electrons. The second kappa shape index (κ2) is 6.10. The van der Waals surface area contributed by atoms with Gasteiger partial charge in [-0.25, -0.2) is 4.98 Å². The number of ether oxygens (including phenoxy) is 1. The Morgan fingerprint density at radius 1 is 1.45 bits per heavy atom. The molecule has 2 aromatic rings. The monoisotopic (exact) mass is 306 g/mol. The fourth-order valence-corrected chi connectivity index (χ4v) is 2.00. The lowest BCUT2D eigenvalue weighted by Gasteiger charge is -2.19. The number of aromatic nitrogens is 2. The Morgan fingerprint density at radius 2 is 2.18 bits per heavy atom. The first-order valence-electron chi connectivity index (χ1n) is 6.79. The highest BCUT2D eigenvalue weighted by molar-refractivity contribution is 5.84. The van der Waals surface area contributed by atoms with Crippen LogP contribution in [0.5, 0.6) is 0 Å². The molecular formula is C14H18N4O4. The number of imidazole rings is 1. The average molecular weight is 306 g/mol. The molecule has 0 atom stereocenters. The van der Waals surface area contributed by atoms with E-state index in [2.05, 4.69) is 10.3 Å². The van der Waals surface area contributed by atoms with Gasteiger partial charge < -0.3 is 9.30 Å². The fraction of sp³-hybridized carbons (Fsp3) is 0.429. The SMILES string of the molecule is CC(C)(C)OC(=O)CNCn1cnc2c([N+](=O)[O-])cccc21. The summed E-state index contributed by atoms with van der Waals surface area (Å²) in [5.41, 5.74) is 0.391. The van der Waals surface area contributed by atoms with Crippen molar-refractivity contribution in [3.63, 3.8) is 0 Å². The number of esters is 1. The van der Waals surface area contributed by atoms with E-state index < -0.39 is 10.5 Å². The van der Waals surface area contributed by atoms with E-state index in [-0.39, 0.29) is 18.2 Å². The smallest absolute Gasteiger partial charge is 0.320 e. The van der Waals surface area contributed by atoms with Gasteiger partial charge >= 0.3 is 5.97 Å². The molecule has 1 heterocycles. The number of para-hydroxylation sites is 1. The summed E-state index contributed by atoms with van der Waals surface area (Å²) < 4.78 is 6.88. The number of non-ortho nitro benzene ring substituents is 1. The third kappa shape index (κ3) is 3.79. The molecule has 0 spiro atoms. The molecule has 0 aliphatic carbocycles. The molecule has 2 rings (SSSR count). The topological polar surface area (TPSA) is 99.3 Å². The van der Waals surface area contributed by atoms with Gasteiger partial charge in [-0.05, 0) is 26.8 Å². The van der Waals surface area contributed by atoms with Gasteiger partial charge in [-0.1, -0.05) is 6.07 Å². The second-order valence-electron chi connectivity index (χ2n) is 5.79. The zero-order valence-electron chi connectivity index (χ0n) is 12.7. The summed E-state index contributed by atoms with van der Waals surface area (Å²) >= 11 is 0. The standard InChI is InChI=1S/C14H18N4O4/c1-14(2,3)22-12(19)7-15-8-17-9-16-13-10(17)5-4-6-11(13)18(20)21/h4-6,9,15H,7-8H2,1-3H3. The molecule has 0 saturated heterocycles. The predicted octanol–water partition coefficient (Wildman–Crippen LogP) is 1.83. The summed E-state index contributed by atoms with van der Waals surface area (Å²) in [7, 11) is 0. The van der Waals surface area contributed by atoms with Crippen molar-refractivity contribution in [3.8, 4) is 0 Å². The van der Waals surface area contributed by atoms with Crippen molar-refractivity contribution in [2.75, 3.05) is 6.54 Å². The number of benzene rings is 1. The van der Waals surface area contributed by atoms with Crippen LogP contribution in [-0.2, 0) is 16.2 Å². The lowest BCUT2D eigenvalue weighted by atomic mass is 10.2. The molecule has 0 unspecified atom stereocenters. The summed E-state index contributed by atoms with van der Waals surface area (Å²) in [6, 6.07) is 4.75. The first-order valence-corrected chi connectivity index (χ1v) is 6.79. The fourth-order valence-electron chi connectivity index (χ4n) is 2.00. The number of nitro groups is 1. The summed E-state index contributed by atoms with van der Waals surface area (Å²) in [6.07, 6.45) is 1.50. The minimum atomic E-state index is -0.527. The number of carbonyl (C=O) groups is 1. The molecule has 118 valence electrons. The Kier molecular flexibility index (Phi) is 4.41. The quantitative estimate of drug-likeness (QED) is 0.514. The zero-order chi connectivity index (χ0) is 16.3. The number of carbonyl (C=O) groups excluding carboxylic acids is 1. The van der Waals surface area contributed by atoms with E-state index in [4.69, 9.17) is 4.74 Å². The van der Waals surface area contributed by atoms with Crippen LogP contribution in [0.3, 0.4) is 0 Å². The number of nitrogens with zero attached hydrogens (tertiary/aromatic N) is 3. The number of fused-ring (bicyclic) bond motifs is 1. The van der Waals surface area contributed by atoms with Crippen LogP contribution in [0.2, 0.25) is 0 Å². The van der Waals surface area contributed by atoms with Crippen molar-refractivity contribution in [1.82, 2.24) is 14.9 Å². The maximum Gasteiger partial charge on any atom is 0.320 e. The first-order chi connectivity index (χ1) is 10.3. The highest BCUT2D eigenvalue weighted by Gasteiger charge is 2.17. The Labute approximate surface area is 127 Å². The largest absolute Gasteiger partial charge is 0.459 e. The first kappa shape index (κ1) is 15.9. The van der Waals surface area contributed by atoms with E-state index in [1.165, 1.54) is 12.4 Å². The van der Waals surface area contributed by atoms with Crippen LogP contribution in [0.25, 0.3) is 11.0 Å². The Morgan fingerprint density at radius 3 is 2.82 bits per heavy atom. The van der Waals surface area contributed by atoms with E-state index in [9.17, 15) is 14.9 Å². The minimum absolute atomic E-state index is 0.0385. The number of nitrogens with one attached hydrogen (secondary N) is 1. The van der Waals surface area contributed by atoms with Gasteiger partial charge in [-0.15, -0.1) is 0 Å². The van der Waals surface area contributed by atoms with Crippen molar-refractivity contribution >= 4 is 22.7 Å². The Bertz CT molecular complexity index is 702. The maximum absolute atomic E-state index is 11.6. The van der Waals surface area contributed by atoms with Crippen molar-refractivity contribution in [1.29, 1.82) is 0 Å². The molecule has 8 nitrogen and oxygen atoms in total. The van der Waals surface area contributed by atoms with Gasteiger partial charge in [-0.3, -0.25) is 20.2 Å². The van der Waals surface area contributed by atoms with Crippen LogP contribution in [-0.4, -0.2) is 32.6 Å². The number of hydrogen-bond acceptors (Lipinski definition) is 6. The van der Waals surface area contributed by atoms with E-state index >= 15 is 0 Å². The van der Waals surface area contributed by atoms with Gasteiger partial charge in [0.15, 0.2) is 5.52 Å². The molecule has 0 aliphatic rings. The normalized spacial score (nSPS) is 11.6. The molecule has 0 fully saturated rings. The molecule has 8 heteroatoms. The van der Waals surface area contributed by atoms with Crippen molar-refractivity contribution in [2.24, 2.45) is 0 Å². The molecule has 0 saturated carbocycles. The third-order valence-corrected chi connectivity index (χ3v) is 2.80. The van der Waals surface area contributed by atoms with Gasteiger partial charge in [-0.2, -0.15) is 0 Å². The van der Waals surface area contributed by atoms with Gasteiger partial charge in [0.1, 0.15) is 5.60 Å². The van der Waals surface area contributed by atoms with Crippen molar-refractivity contribution < 1.29 is 14.5 Å². The maximum atomic E-state index is 11.6. The van der Waals surface area contributed by atoms with Crippen LogP contribution in [0, 0.1) is 10.1 Å². The van der Waals surface area contributed by atoms with Crippen molar-refractivity contribution in [2.45, 2.75) is 33.0 Å². The molecule has 1 N–H and O–H groups in total. The molecule has 0 aliphatic heterocycles. The summed E-state index contributed by atoms with van der Waals surface area (Å²) in [4.78, 5) is 26.1. The average Bonchev–Trinajstić information content (AvgIpc) is 2.79. The van der Waals surface area contributed by atoms with Crippen LogP contribution in [0.4, 0.5) is 5.69 Å². The third-order valence-electron chi connectivity index (χ3n) is 2.80. The number of hydrogen-bond donors (Lipinski definition) is 1. The van der Waals surface area contributed by atoms with Gasteiger partial charge in [0.2, 0.25) is 0 Å². The molecular weight excluding hydrogens is 288 g/mol. The second-order valence-corrected chi connectivity index (χ2v) is 5.79. The molecule has 1 aromatic carbocycles. The van der Waals surface area contributed by atoms with E-state index in [0.717, 1.165) is 0 Å². The zero-order valence-corrected chi connectivity index (χ0v) is 12.7. The van der Waals surface area contributed by atoms with Crippen LogP contribution >= 0.6 is 0 Å². The van der Waals surface area contributed by atoms with Crippen LogP contribution in [0.1, 0.15) is 20.8 Å². The summed E-state index contributed by atoms with van der Waals surface area (Å²) in [5, 5.41) is 13.9. The van der Waals surface area contributed by atoms with Crippen molar-refractivity contribution in [3.05, 3.63) is 34.6 Å². The molecule has 0 amide bonds. The lowest BCUT2D eigenvalue weighted by molar-refractivity contribution is -0.383. The van der Waals surface area contributed by atoms with E-state index in [1.807, 2.05) is 0 Å². The highest BCUT2D eigenvalue weighted by Crippen LogP contribution is 2.23. The predicted molar refractivity (Wildman–Crippen MR) is 80.2 cm³/mol. The molecule has 1 aromatic heterocycles. The summed E-state index contributed by atoms with van der Waals surface area (Å²) in [6.45, 7) is 5.75. The van der Waals surface area contributed by atoms with Gasteiger partial charge in [0.25, 0.3) is 5.69 Å². The van der Waals surface area contributed by atoms with E-state index in [1.54, 1.807) is 37.5 Å². The minimum Gasteiger partial charge on any atom is -0.459 e. The lowest BCUT2D eigenvalue weighted by Crippen LogP contribution is -2.32. The number of nitro benzene ring substituents is 1. The van der Waals surface area contributed by atoms with Crippen LogP contribution in [0.15, 0.2) is 24.5 Å². The summed E-state index contributed by atoms with van der Waals surface area (Å²) in [5.74, 6) is -0.358. The Hall–Kier alpha value is -2.48. The van der Waals surface area contributed by atoms with Gasteiger partial charge in [0, 0.05) is 6.07 Å². The number of rotatable bonds is 5. The molecule has 22 heavy (non-hydrogen) atoms.